The number of likely N-dealkylation sites (tertiary alicyclic amines) is 1. The number of nitriles is 1. The van der Waals surface area contributed by atoms with E-state index in [1.807, 2.05) is 12.1 Å². The summed E-state index contributed by atoms with van der Waals surface area (Å²) in [6.07, 6.45) is 3.71. The lowest BCUT2D eigenvalue weighted by Gasteiger charge is -2.32. The van der Waals surface area contributed by atoms with Crippen LogP contribution in [0, 0.1) is 17.2 Å². The second-order valence-electron chi connectivity index (χ2n) is 5.84. The Bertz CT molecular complexity index is 487. The van der Waals surface area contributed by atoms with Crippen LogP contribution in [-0.2, 0) is 6.54 Å². The van der Waals surface area contributed by atoms with E-state index in [0.717, 1.165) is 44.2 Å². The zero-order chi connectivity index (χ0) is 15.1. The summed E-state index contributed by atoms with van der Waals surface area (Å²) in [5.41, 5.74) is 1.75. The van der Waals surface area contributed by atoms with E-state index in [1.165, 1.54) is 19.3 Å². The first-order valence-electron chi connectivity index (χ1n) is 7.84. The molecule has 1 N–H and O–H groups in total. The monoisotopic (exact) mass is 305 g/mol. The van der Waals surface area contributed by atoms with Crippen LogP contribution in [0.2, 0.25) is 5.02 Å². The van der Waals surface area contributed by atoms with Gasteiger partial charge in [-0.1, -0.05) is 24.6 Å². The van der Waals surface area contributed by atoms with Crippen molar-refractivity contribution in [2.24, 2.45) is 5.92 Å². The molecule has 1 heterocycles. The fraction of sp³-hybridized carbons (Fsp3) is 0.588. The van der Waals surface area contributed by atoms with Gasteiger partial charge in [0, 0.05) is 11.6 Å². The first-order chi connectivity index (χ1) is 10.2. The number of hydrogen-bond acceptors (Lipinski definition) is 3. The number of rotatable bonds is 6. The van der Waals surface area contributed by atoms with Gasteiger partial charge in [0.05, 0.1) is 11.6 Å². The maximum absolute atomic E-state index is 8.87. The molecule has 2 rings (SSSR count). The van der Waals surface area contributed by atoms with Crippen molar-refractivity contribution in [1.82, 2.24) is 10.2 Å². The van der Waals surface area contributed by atoms with E-state index in [0.29, 0.717) is 10.6 Å². The largest absolute Gasteiger partial charge is 0.316 e. The summed E-state index contributed by atoms with van der Waals surface area (Å²) in [7, 11) is 0. The van der Waals surface area contributed by atoms with Crippen LogP contribution in [0.25, 0.3) is 0 Å². The van der Waals surface area contributed by atoms with Crippen molar-refractivity contribution in [2.75, 3.05) is 26.2 Å². The molecule has 21 heavy (non-hydrogen) atoms. The van der Waals surface area contributed by atoms with E-state index in [9.17, 15) is 0 Å². The SMILES string of the molecule is CCCNCC1CCN(Cc2ccc(C#N)cc2Cl)CC1. The lowest BCUT2D eigenvalue weighted by molar-refractivity contribution is 0.175. The molecule has 0 bridgehead atoms. The molecule has 1 aromatic rings. The standard InChI is InChI=1S/C17H24ClN3/c1-2-7-20-12-14-5-8-21(9-6-14)13-16-4-3-15(11-19)10-17(16)18/h3-4,10,14,20H,2,5-9,12-13H2,1H3. The van der Waals surface area contributed by atoms with Crippen LogP contribution >= 0.6 is 11.6 Å². The van der Waals surface area contributed by atoms with Crippen LogP contribution in [0.1, 0.15) is 37.3 Å². The van der Waals surface area contributed by atoms with Gasteiger partial charge in [0.15, 0.2) is 0 Å². The molecule has 0 atom stereocenters. The quantitative estimate of drug-likeness (QED) is 0.819. The van der Waals surface area contributed by atoms with Crippen LogP contribution in [0.5, 0.6) is 0 Å². The second kappa shape index (κ2) is 8.38. The topological polar surface area (TPSA) is 39.1 Å². The highest BCUT2D eigenvalue weighted by Gasteiger charge is 2.19. The molecule has 0 aliphatic carbocycles. The molecule has 0 spiro atoms. The molecule has 1 aliphatic rings. The highest BCUT2D eigenvalue weighted by Crippen LogP contribution is 2.23. The van der Waals surface area contributed by atoms with Crippen LogP contribution in [-0.4, -0.2) is 31.1 Å². The summed E-state index contributed by atoms with van der Waals surface area (Å²) in [4.78, 5) is 2.46. The maximum Gasteiger partial charge on any atom is 0.0992 e. The third-order valence-corrected chi connectivity index (χ3v) is 4.49. The summed E-state index contributed by atoms with van der Waals surface area (Å²) in [6.45, 7) is 7.64. The maximum atomic E-state index is 8.87. The molecule has 114 valence electrons. The van der Waals surface area contributed by atoms with Gasteiger partial charge < -0.3 is 5.32 Å². The van der Waals surface area contributed by atoms with Gasteiger partial charge in [-0.2, -0.15) is 5.26 Å². The Morgan fingerprint density at radius 2 is 2.14 bits per heavy atom. The number of nitrogens with one attached hydrogen (secondary N) is 1. The van der Waals surface area contributed by atoms with Crippen molar-refractivity contribution in [3.8, 4) is 6.07 Å². The van der Waals surface area contributed by atoms with Gasteiger partial charge in [0.2, 0.25) is 0 Å². The third kappa shape index (κ3) is 5.00. The number of benzene rings is 1. The number of hydrogen-bond donors (Lipinski definition) is 1. The molecule has 1 fully saturated rings. The van der Waals surface area contributed by atoms with E-state index >= 15 is 0 Å². The third-order valence-electron chi connectivity index (χ3n) is 4.14. The highest BCUT2D eigenvalue weighted by molar-refractivity contribution is 6.31. The molecule has 0 aromatic heterocycles. The van der Waals surface area contributed by atoms with Crippen molar-refractivity contribution in [3.63, 3.8) is 0 Å². The minimum Gasteiger partial charge on any atom is -0.316 e. The molecule has 4 heteroatoms. The Hall–Kier alpha value is -1.08. The van der Waals surface area contributed by atoms with Crippen molar-refractivity contribution in [1.29, 1.82) is 5.26 Å². The van der Waals surface area contributed by atoms with Gasteiger partial charge in [-0.3, -0.25) is 4.90 Å². The normalized spacial score (nSPS) is 16.8. The van der Waals surface area contributed by atoms with Gasteiger partial charge in [0.1, 0.15) is 0 Å². The zero-order valence-electron chi connectivity index (χ0n) is 12.7. The lowest BCUT2D eigenvalue weighted by atomic mass is 9.96. The fourth-order valence-corrected chi connectivity index (χ4v) is 3.06. The Morgan fingerprint density at radius 3 is 2.76 bits per heavy atom. The van der Waals surface area contributed by atoms with Gasteiger partial charge in [-0.15, -0.1) is 0 Å². The molecule has 0 amide bonds. The fourth-order valence-electron chi connectivity index (χ4n) is 2.82. The number of nitrogens with zero attached hydrogens (tertiary/aromatic N) is 2. The Labute approximate surface area is 132 Å². The van der Waals surface area contributed by atoms with E-state index in [4.69, 9.17) is 16.9 Å². The Kier molecular flexibility index (Phi) is 6.50. The summed E-state index contributed by atoms with van der Waals surface area (Å²) in [5.74, 6) is 0.809. The van der Waals surface area contributed by atoms with Gasteiger partial charge in [-0.25, -0.2) is 0 Å². The zero-order valence-corrected chi connectivity index (χ0v) is 13.5. The Balaban J connectivity index is 1.80. The van der Waals surface area contributed by atoms with Crippen LogP contribution in [0.3, 0.4) is 0 Å². The van der Waals surface area contributed by atoms with E-state index in [1.54, 1.807) is 6.07 Å². The minimum absolute atomic E-state index is 0.629. The minimum atomic E-state index is 0.629. The van der Waals surface area contributed by atoms with Gasteiger partial charge in [-0.05, 0) is 69.1 Å². The smallest absolute Gasteiger partial charge is 0.0992 e. The van der Waals surface area contributed by atoms with E-state index < -0.39 is 0 Å². The predicted molar refractivity (Wildman–Crippen MR) is 87.3 cm³/mol. The molecule has 0 radical (unpaired) electrons. The van der Waals surface area contributed by atoms with Crippen LogP contribution in [0.15, 0.2) is 18.2 Å². The van der Waals surface area contributed by atoms with Crippen molar-refractivity contribution >= 4 is 11.6 Å². The molecule has 0 unspecified atom stereocenters. The van der Waals surface area contributed by atoms with Gasteiger partial charge in [0.25, 0.3) is 0 Å². The molecular weight excluding hydrogens is 282 g/mol. The summed E-state index contributed by atoms with van der Waals surface area (Å²) < 4.78 is 0. The second-order valence-corrected chi connectivity index (χ2v) is 6.25. The summed E-state index contributed by atoms with van der Waals surface area (Å²) in [6, 6.07) is 7.72. The molecular formula is C17H24ClN3. The molecule has 1 saturated heterocycles. The van der Waals surface area contributed by atoms with Gasteiger partial charge >= 0.3 is 0 Å². The van der Waals surface area contributed by atoms with Crippen molar-refractivity contribution < 1.29 is 0 Å². The predicted octanol–water partition coefficient (Wildman–Crippen LogP) is 3.42. The molecule has 0 saturated carbocycles. The molecule has 3 nitrogen and oxygen atoms in total. The lowest BCUT2D eigenvalue weighted by Crippen LogP contribution is -2.37. The molecule has 1 aliphatic heterocycles. The van der Waals surface area contributed by atoms with E-state index in [2.05, 4.69) is 23.2 Å². The van der Waals surface area contributed by atoms with Crippen molar-refractivity contribution in [3.05, 3.63) is 34.3 Å². The highest BCUT2D eigenvalue weighted by atomic mass is 35.5. The van der Waals surface area contributed by atoms with Crippen molar-refractivity contribution in [2.45, 2.75) is 32.7 Å². The van der Waals surface area contributed by atoms with E-state index in [-0.39, 0.29) is 0 Å². The Morgan fingerprint density at radius 1 is 1.38 bits per heavy atom. The average molecular weight is 306 g/mol. The van der Waals surface area contributed by atoms with Crippen LogP contribution < -0.4 is 5.32 Å². The average Bonchev–Trinajstić information content (AvgIpc) is 2.51. The summed E-state index contributed by atoms with van der Waals surface area (Å²) >= 11 is 6.25. The summed E-state index contributed by atoms with van der Waals surface area (Å²) in [5, 5.41) is 13.1. The molecule has 1 aromatic carbocycles. The number of piperidine rings is 1. The van der Waals surface area contributed by atoms with Crippen LogP contribution in [0.4, 0.5) is 0 Å². The number of halogens is 1. The first kappa shape index (κ1) is 16.3. The first-order valence-corrected chi connectivity index (χ1v) is 8.22.